The van der Waals surface area contributed by atoms with Gasteiger partial charge in [-0.15, -0.1) is 0 Å². The van der Waals surface area contributed by atoms with Crippen LogP contribution < -0.4 is 80.9 Å². The maximum Gasteiger partial charge on any atom is 0.290 e. The number of hydrogen-bond donors (Lipinski definition) is 0. The fourth-order valence-electron chi connectivity index (χ4n) is 18.9. The summed E-state index contributed by atoms with van der Waals surface area (Å²) >= 11 is 0. The molecule has 0 atom stereocenters. The fraction of sp³-hybridized carbons (Fsp3) is 0.0303. The number of fused-ring (bicyclic) bond motifs is 20. The lowest BCUT2D eigenvalue weighted by Crippen LogP contribution is -2.73. The highest BCUT2D eigenvalue weighted by atomic mass is 16.5. The molecule has 0 unspecified atom stereocenters. The first-order chi connectivity index (χ1) is 55.3. The molecule has 524 valence electrons. The molecule has 0 amide bonds. The lowest BCUT2D eigenvalue weighted by atomic mass is 9.24. The summed E-state index contributed by atoms with van der Waals surface area (Å²) in [5.41, 5.74) is 31.7. The molecule has 0 bridgehead atoms. The SMILES string of the molecule is CC1(C)c2ccccc2N(c2ccc(B3c4oc5ccccc5c4B(c4ccc(-c5ccccc5)cc4)c4oc5ccc6occc6c5c43)cc2)c2ccccc21.c1ccc(-c2ccc(B3c4oc5ccc6occc6c5c4B(c4ccc(N5c6ccccc6Oc6ccccc65)cc4)c4oc5ccccc5c43)cc2)cc1. The van der Waals surface area contributed by atoms with Crippen LogP contribution in [0.2, 0.25) is 0 Å². The molecule has 0 aliphatic carbocycles. The first kappa shape index (κ1) is 64.0. The van der Waals surface area contributed by atoms with Gasteiger partial charge in [-0.05, 0) is 164 Å². The summed E-state index contributed by atoms with van der Waals surface area (Å²) in [5.74, 6) is 1.65. The van der Waals surface area contributed by atoms with Crippen LogP contribution in [0.4, 0.5) is 34.1 Å². The highest BCUT2D eigenvalue weighted by Crippen LogP contribution is 2.53. The molecule has 4 aliphatic rings. The molecule has 13 heteroatoms. The van der Waals surface area contributed by atoms with E-state index in [-0.39, 0.29) is 32.3 Å². The van der Waals surface area contributed by atoms with Crippen LogP contribution in [0.15, 0.2) is 379 Å². The zero-order chi connectivity index (χ0) is 73.9. The van der Waals surface area contributed by atoms with Crippen LogP contribution in [0.25, 0.3) is 88.1 Å². The molecule has 14 aromatic carbocycles. The van der Waals surface area contributed by atoms with Gasteiger partial charge in [0, 0.05) is 49.1 Å². The van der Waals surface area contributed by atoms with E-state index >= 15 is 0 Å². The zero-order valence-corrected chi connectivity index (χ0v) is 61.0. The van der Waals surface area contributed by atoms with Crippen molar-refractivity contribution in [2.45, 2.75) is 19.3 Å². The third-order valence-corrected chi connectivity index (χ3v) is 24.0. The highest BCUT2D eigenvalue weighted by molar-refractivity contribution is 7.13. The topological polar surface area (TPSA) is 94.5 Å². The fourth-order valence-corrected chi connectivity index (χ4v) is 18.9. The summed E-state index contributed by atoms with van der Waals surface area (Å²) in [6, 6.07) is 120. The van der Waals surface area contributed by atoms with Gasteiger partial charge in [0.15, 0.2) is 11.5 Å². The molecule has 20 aromatic rings. The van der Waals surface area contributed by atoms with Crippen molar-refractivity contribution in [3.8, 4) is 33.8 Å². The standard InChI is InChI=1S/C51H35B2NO3.C48H29B2NO4/c1-51(2)39-15-7-9-17-41(39)54(42-18-10-8-16-40(42)51)36-26-24-35(25-27-36)53-48-46-37-30-31-55-43(37)28-29-45(46)57-50(48)52(47-38-14-6-11-19-44(38)56-49(47)53)34-22-20-33(21-23-34)32-12-4-3-5-13-32;1-2-10-30(11-3-1)31-18-20-32(21-19-31)49-45-36-12-4-7-15-40(36)54-47(45)50(46-44-35-28-29-52-39(35)26-27-43(44)55-48(46)49)33-22-24-34(25-23-33)51-37-13-5-8-16-41(37)53-42-17-9-6-14-38(42)51/h3-31H,1-2H3;1-29H. The predicted molar refractivity (Wildman–Crippen MR) is 461 cm³/mol. The van der Waals surface area contributed by atoms with E-state index in [1.54, 1.807) is 12.5 Å². The monoisotopic (exact) mass is 1440 g/mol. The molecule has 0 N–H and O–H groups in total. The van der Waals surface area contributed by atoms with E-state index in [1.807, 2.05) is 48.5 Å². The van der Waals surface area contributed by atoms with Gasteiger partial charge in [-0.25, -0.2) is 0 Å². The Labute approximate surface area is 646 Å². The second-order valence-corrected chi connectivity index (χ2v) is 30.3. The number of furan rings is 6. The van der Waals surface area contributed by atoms with Crippen LogP contribution in [0.3, 0.4) is 0 Å². The first-order valence-electron chi connectivity index (χ1n) is 38.4. The van der Waals surface area contributed by atoms with Gasteiger partial charge in [0.2, 0.25) is 0 Å². The van der Waals surface area contributed by atoms with Gasteiger partial charge in [-0.1, -0.05) is 266 Å². The summed E-state index contributed by atoms with van der Waals surface area (Å²) in [4.78, 5) is 4.68. The Morgan fingerprint density at radius 3 is 1.01 bits per heavy atom. The molecule has 9 nitrogen and oxygen atoms in total. The smallest absolute Gasteiger partial charge is 0.290 e. The Balaban J connectivity index is 0.000000134. The van der Waals surface area contributed by atoms with Gasteiger partial charge in [0.25, 0.3) is 26.9 Å². The normalized spacial score (nSPS) is 13.7. The summed E-state index contributed by atoms with van der Waals surface area (Å²) in [7, 11) is 0. The number of rotatable bonds is 8. The summed E-state index contributed by atoms with van der Waals surface area (Å²) in [6.07, 6.45) is 3.54. The molecule has 112 heavy (non-hydrogen) atoms. The molecule has 4 aliphatic heterocycles. The first-order valence-corrected chi connectivity index (χ1v) is 38.4. The lowest BCUT2D eigenvalue weighted by molar-refractivity contribution is 0.477. The molecule has 0 saturated carbocycles. The van der Waals surface area contributed by atoms with Crippen molar-refractivity contribution < 1.29 is 31.2 Å². The van der Waals surface area contributed by atoms with Gasteiger partial charge in [0.1, 0.15) is 33.5 Å². The average molecular weight is 1440 g/mol. The van der Waals surface area contributed by atoms with E-state index in [4.69, 9.17) is 31.2 Å². The van der Waals surface area contributed by atoms with Crippen LogP contribution in [0.1, 0.15) is 25.0 Å². The van der Waals surface area contributed by atoms with E-state index in [2.05, 4.69) is 315 Å². The molecule has 0 saturated heterocycles. The van der Waals surface area contributed by atoms with Gasteiger partial charge in [0.05, 0.1) is 57.9 Å². The Morgan fingerprint density at radius 2 is 0.571 bits per heavy atom. The molecule has 10 heterocycles. The minimum atomic E-state index is -0.239. The van der Waals surface area contributed by atoms with Gasteiger partial charge >= 0.3 is 0 Å². The maximum atomic E-state index is 7.10. The maximum absolute atomic E-state index is 7.10. The molecule has 0 spiro atoms. The van der Waals surface area contributed by atoms with Gasteiger partial charge < -0.3 is 41.0 Å². The number of ether oxygens (including phenoxy) is 1. The minimum Gasteiger partial charge on any atom is -0.471 e. The van der Waals surface area contributed by atoms with Crippen molar-refractivity contribution in [3.05, 3.63) is 363 Å². The van der Waals surface area contributed by atoms with Crippen LogP contribution in [0, 0.1) is 0 Å². The predicted octanol–water partition coefficient (Wildman–Crippen LogP) is 17.6. The van der Waals surface area contributed by atoms with E-state index in [9.17, 15) is 0 Å². The van der Waals surface area contributed by atoms with E-state index in [1.165, 1.54) is 44.8 Å². The Kier molecular flexibility index (Phi) is 14.3. The quantitative estimate of drug-likeness (QED) is 0.138. The highest BCUT2D eigenvalue weighted by Gasteiger charge is 2.50. The minimum absolute atomic E-state index is 0.126. The number of benzene rings is 14. The van der Waals surface area contributed by atoms with Crippen molar-refractivity contribution in [1.29, 1.82) is 0 Å². The third kappa shape index (κ3) is 9.75. The Morgan fingerprint density at radius 1 is 0.250 bits per heavy atom. The number of nitrogens with zero attached hydrogens (tertiary/aromatic N) is 2. The summed E-state index contributed by atoms with van der Waals surface area (Å²) in [6.45, 7) is 3.82. The molecule has 0 fully saturated rings. The molecule has 24 rings (SSSR count). The van der Waals surface area contributed by atoms with Crippen molar-refractivity contribution in [2.75, 3.05) is 9.80 Å². The lowest BCUT2D eigenvalue weighted by Gasteiger charge is -2.42. The summed E-state index contributed by atoms with van der Waals surface area (Å²) < 4.78 is 46.5. The molecule has 0 radical (unpaired) electrons. The third-order valence-electron chi connectivity index (χ3n) is 24.0. The molecular weight excluding hydrogens is 1370 g/mol. The van der Waals surface area contributed by atoms with E-state index < -0.39 is 0 Å². The summed E-state index contributed by atoms with van der Waals surface area (Å²) in [5, 5.41) is 6.41. The largest absolute Gasteiger partial charge is 0.471 e. The Bertz CT molecular complexity index is 7020. The van der Waals surface area contributed by atoms with Crippen molar-refractivity contribution in [2.24, 2.45) is 0 Å². The number of para-hydroxylation sites is 8. The van der Waals surface area contributed by atoms with Crippen LogP contribution in [0.5, 0.6) is 11.5 Å². The van der Waals surface area contributed by atoms with Gasteiger partial charge in [-0.3, -0.25) is 0 Å². The average Bonchev–Trinajstić information content (AvgIpc) is 1.45. The molecule has 6 aromatic heterocycles. The Hall–Kier alpha value is -14.0. The number of anilines is 6. The second-order valence-electron chi connectivity index (χ2n) is 30.3. The van der Waals surface area contributed by atoms with Crippen molar-refractivity contribution in [1.82, 2.24) is 0 Å². The van der Waals surface area contributed by atoms with E-state index in [0.717, 1.165) is 166 Å². The van der Waals surface area contributed by atoms with Gasteiger partial charge in [-0.2, -0.15) is 0 Å². The van der Waals surface area contributed by atoms with Crippen LogP contribution >= 0.6 is 0 Å². The van der Waals surface area contributed by atoms with Crippen LogP contribution in [-0.2, 0) is 5.41 Å². The second kappa shape index (κ2) is 25.0. The zero-order valence-electron chi connectivity index (χ0n) is 61.0. The number of hydrogen-bond acceptors (Lipinski definition) is 9. The van der Waals surface area contributed by atoms with Crippen molar-refractivity contribution in [3.63, 3.8) is 0 Å². The van der Waals surface area contributed by atoms with E-state index in [0.29, 0.717) is 0 Å². The molecular formula is C99H64B4N2O7. The van der Waals surface area contributed by atoms with Crippen molar-refractivity contribution >= 4 is 193 Å². The van der Waals surface area contributed by atoms with Crippen LogP contribution in [-0.4, -0.2) is 26.9 Å².